The van der Waals surface area contributed by atoms with E-state index in [4.69, 9.17) is 10.8 Å². The van der Waals surface area contributed by atoms with Crippen LogP contribution in [0.1, 0.15) is 38.5 Å². The van der Waals surface area contributed by atoms with Crippen LogP contribution in [0.4, 0.5) is 0 Å². The van der Waals surface area contributed by atoms with Crippen LogP contribution in [0.25, 0.3) is 0 Å². The lowest BCUT2D eigenvalue weighted by molar-refractivity contribution is -0.141. The molecule has 1 aliphatic carbocycles. The predicted octanol–water partition coefficient (Wildman–Crippen LogP) is 0.601. The average Bonchev–Trinajstić information content (AvgIpc) is 2.88. The predicted molar refractivity (Wildman–Crippen MR) is 71.6 cm³/mol. The quantitative estimate of drug-likeness (QED) is 0.788. The van der Waals surface area contributed by atoms with E-state index in [2.05, 4.69) is 0 Å². The lowest BCUT2D eigenvalue weighted by atomic mass is 9.92. The molecular weight excluding hydrogens is 260 g/mol. The van der Waals surface area contributed by atoms with E-state index in [9.17, 15) is 14.4 Å². The number of hydrogen-bond donors (Lipinski definition) is 2. The van der Waals surface area contributed by atoms with Crippen molar-refractivity contribution in [2.75, 3.05) is 13.1 Å². The van der Waals surface area contributed by atoms with Gasteiger partial charge in [0.25, 0.3) is 0 Å². The monoisotopic (exact) mass is 282 g/mol. The summed E-state index contributed by atoms with van der Waals surface area (Å²) in [5.74, 6) is -1.20. The maximum atomic E-state index is 12.3. The molecule has 6 heteroatoms. The molecule has 1 aliphatic heterocycles. The number of carboxylic acid groups (broad SMARTS) is 1. The Morgan fingerprint density at radius 2 is 1.65 bits per heavy atom. The maximum absolute atomic E-state index is 12.3. The summed E-state index contributed by atoms with van der Waals surface area (Å²) in [4.78, 5) is 36.0. The Labute approximate surface area is 118 Å². The van der Waals surface area contributed by atoms with E-state index in [0.717, 1.165) is 12.8 Å². The van der Waals surface area contributed by atoms with E-state index >= 15 is 0 Å². The van der Waals surface area contributed by atoms with Crippen LogP contribution in [0.15, 0.2) is 0 Å². The van der Waals surface area contributed by atoms with Gasteiger partial charge in [-0.05, 0) is 38.0 Å². The van der Waals surface area contributed by atoms with E-state index in [-0.39, 0.29) is 29.6 Å². The van der Waals surface area contributed by atoms with E-state index in [1.165, 1.54) is 0 Å². The number of nitrogens with zero attached hydrogens (tertiary/aromatic N) is 1. The van der Waals surface area contributed by atoms with Gasteiger partial charge in [0.2, 0.25) is 11.8 Å². The Morgan fingerprint density at radius 3 is 2.15 bits per heavy atom. The Morgan fingerprint density at radius 1 is 1.05 bits per heavy atom. The summed E-state index contributed by atoms with van der Waals surface area (Å²) in [5.41, 5.74) is 5.19. The fourth-order valence-corrected chi connectivity index (χ4v) is 3.33. The molecule has 2 atom stereocenters. The van der Waals surface area contributed by atoms with E-state index in [0.29, 0.717) is 38.8 Å². The van der Waals surface area contributed by atoms with Crippen LogP contribution in [0, 0.1) is 17.8 Å². The molecule has 2 unspecified atom stereocenters. The summed E-state index contributed by atoms with van der Waals surface area (Å²) in [7, 11) is 0. The number of aliphatic carboxylic acids is 1. The summed E-state index contributed by atoms with van der Waals surface area (Å²) in [5, 5.41) is 8.97. The van der Waals surface area contributed by atoms with Gasteiger partial charge in [-0.2, -0.15) is 0 Å². The molecule has 20 heavy (non-hydrogen) atoms. The first-order chi connectivity index (χ1) is 9.47. The van der Waals surface area contributed by atoms with Gasteiger partial charge in [0.05, 0.1) is 5.92 Å². The average molecular weight is 282 g/mol. The van der Waals surface area contributed by atoms with Gasteiger partial charge < -0.3 is 15.7 Å². The second kappa shape index (κ2) is 6.24. The normalized spacial score (nSPS) is 27.5. The molecule has 1 heterocycles. The third-order valence-corrected chi connectivity index (χ3v) is 4.55. The minimum Gasteiger partial charge on any atom is -0.481 e. The third-order valence-electron chi connectivity index (χ3n) is 4.55. The number of carboxylic acids is 1. The highest BCUT2D eigenvalue weighted by Crippen LogP contribution is 2.33. The van der Waals surface area contributed by atoms with Gasteiger partial charge in [0.15, 0.2) is 0 Å². The van der Waals surface area contributed by atoms with Gasteiger partial charge in [-0.1, -0.05) is 0 Å². The van der Waals surface area contributed by atoms with Crippen LogP contribution in [0.3, 0.4) is 0 Å². The Bertz CT molecular complexity index is 402. The molecule has 0 radical (unpaired) electrons. The number of piperidine rings is 1. The third kappa shape index (κ3) is 3.49. The number of primary amides is 1. The number of likely N-dealkylation sites (tertiary alicyclic amines) is 1. The van der Waals surface area contributed by atoms with Crippen molar-refractivity contribution in [1.29, 1.82) is 0 Å². The van der Waals surface area contributed by atoms with Crippen LogP contribution in [-0.2, 0) is 14.4 Å². The second-order valence-electron chi connectivity index (χ2n) is 5.98. The van der Waals surface area contributed by atoms with Crippen molar-refractivity contribution in [3.63, 3.8) is 0 Å². The summed E-state index contributed by atoms with van der Waals surface area (Å²) in [6, 6.07) is 0. The lowest BCUT2D eigenvalue weighted by Crippen LogP contribution is -2.42. The smallest absolute Gasteiger partial charge is 0.306 e. The molecule has 0 aromatic heterocycles. The molecular formula is C14H22N2O4. The van der Waals surface area contributed by atoms with Crippen LogP contribution >= 0.6 is 0 Å². The summed E-state index contributed by atoms with van der Waals surface area (Å²) in [6.07, 6.45) is 3.76. The van der Waals surface area contributed by atoms with Crippen LogP contribution < -0.4 is 5.73 Å². The number of amides is 2. The van der Waals surface area contributed by atoms with Crippen LogP contribution in [0.2, 0.25) is 0 Å². The zero-order valence-corrected chi connectivity index (χ0v) is 11.6. The fourth-order valence-electron chi connectivity index (χ4n) is 3.33. The molecule has 0 aromatic carbocycles. The lowest BCUT2D eigenvalue weighted by Gasteiger charge is -2.33. The van der Waals surface area contributed by atoms with Crippen molar-refractivity contribution in [3.05, 3.63) is 0 Å². The van der Waals surface area contributed by atoms with Gasteiger partial charge in [0.1, 0.15) is 0 Å². The summed E-state index contributed by atoms with van der Waals surface area (Å²) < 4.78 is 0. The second-order valence-corrected chi connectivity index (χ2v) is 5.98. The first-order valence-corrected chi connectivity index (χ1v) is 7.27. The van der Waals surface area contributed by atoms with Gasteiger partial charge in [-0.15, -0.1) is 0 Å². The number of rotatable bonds is 4. The molecule has 2 amide bonds. The van der Waals surface area contributed by atoms with Crippen molar-refractivity contribution in [2.45, 2.75) is 38.5 Å². The Hall–Kier alpha value is -1.59. The summed E-state index contributed by atoms with van der Waals surface area (Å²) in [6.45, 7) is 1.32. The van der Waals surface area contributed by atoms with Crippen molar-refractivity contribution in [2.24, 2.45) is 23.5 Å². The number of nitrogens with two attached hydrogens (primary N) is 1. The molecule has 112 valence electrons. The summed E-state index contributed by atoms with van der Waals surface area (Å²) >= 11 is 0. The molecule has 2 aliphatic rings. The fraction of sp³-hybridized carbons (Fsp3) is 0.786. The van der Waals surface area contributed by atoms with Gasteiger partial charge >= 0.3 is 5.97 Å². The first kappa shape index (κ1) is 14.8. The molecule has 0 spiro atoms. The number of hydrogen-bond acceptors (Lipinski definition) is 3. The van der Waals surface area contributed by atoms with E-state index < -0.39 is 5.97 Å². The topological polar surface area (TPSA) is 101 Å². The highest BCUT2D eigenvalue weighted by Gasteiger charge is 2.36. The van der Waals surface area contributed by atoms with Gasteiger partial charge in [-0.3, -0.25) is 14.4 Å². The van der Waals surface area contributed by atoms with Crippen LogP contribution in [0.5, 0.6) is 0 Å². The maximum Gasteiger partial charge on any atom is 0.306 e. The van der Waals surface area contributed by atoms with E-state index in [1.54, 1.807) is 0 Å². The standard InChI is InChI=1S/C14H22N2O4/c15-12(17)7-9-3-5-16(6-4-9)13(18)10-1-2-11(8-10)14(19)20/h9-11H,1-8H2,(H2,15,17)(H,19,20). The molecule has 3 N–H and O–H groups in total. The van der Waals surface area contributed by atoms with E-state index in [1.807, 2.05) is 4.90 Å². The molecule has 1 saturated carbocycles. The minimum absolute atomic E-state index is 0.0891. The van der Waals surface area contributed by atoms with Crippen molar-refractivity contribution in [1.82, 2.24) is 4.90 Å². The SMILES string of the molecule is NC(=O)CC1CCN(C(=O)C2CCC(C(=O)O)C2)CC1. The van der Waals surface area contributed by atoms with Gasteiger partial charge in [-0.25, -0.2) is 0 Å². The zero-order valence-electron chi connectivity index (χ0n) is 11.6. The largest absolute Gasteiger partial charge is 0.481 e. The Kier molecular flexibility index (Phi) is 4.62. The Balaban J connectivity index is 1.80. The minimum atomic E-state index is -0.791. The highest BCUT2D eigenvalue weighted by atomic mass is 16.4. The van der Waals surface area contributed by atoms with Crippen molar-refractivity contribution >= 4 is 17.8 Å². The molecule has 2 fully saturated rings. The zero-order chi connectivity index (χ0) is 14.7. The van der Waals surface area contributed by atoms with Crippen molar-refractivity contribution in [3.8, 4) is 0 Å². The number of carbonyl (C=O) groups is 3. The van der Waals surface area contributed by atoms with Crippen molar-refractivity contribution < 1.29 is 19.5 Å². The highest BCUT2D eigenvalue weighted by molar-refractivity contribution is 5.81. The van der Waals surface area contributed by atoms with Gasteiger partial charge in [0, 0.05) is 25.4 Å². The van der Waals surface area contributed by atoms with Crippen LogP contribution in [-0.4, -0.2) is 40.9 Å². The first-order valence-electron chi connectivity index (χ1n) is 7.27. The molecule has 0 aromatic rings. The number of carbonyl (C=O) groups excluding carboxylic acids is 2. The molecule has 1 saturated heterocycles. The molecule has 2 rings (SSSR count). The molecule has 6 nitrogen and oxygen atoms in total. The molecule has 0 bridgehead atoms.